The number of unbranched alkanes of at least 4 members (excludes halogenated alkanes) is 16. The Balaban J connectivity index is -0.000000733. The van der Waals surface area contributed by atoms with Crippen molar-refractivity contribution in [3.05, 3.63) is 48.6 Å². The maximum Gasteiger partial charge on any atom is 0.303 e. The lowest BCUT2D eigenvalue weighted by molar-refractivity contribution is -0.137. The van der Waals surface area contributed by atoms with E-state index in [0.29, 0.717) is 12.3 Å². The predicted molar refractivity (Wildman–Crippen MR) is 225 cm³/mol. The van der Waals surface area contributed by atoms with Crippen molar-refractivity contribution in [3.8, 4) is 0 Å². The van der Waals surface area contributed by atoms with Gasteiger partial charge in [-0.2, -0.15) is 0 Å². The molecule has 2 heteroatoms. The molecule has 0 aliphatic heterocycles. The molecule has 0 unspecified atom stereocenters. The minimum Gasteiger partial charge on any atom is -0.481 e. The largest absolute Gasteiger partial charge is 0.481 e. The van der Waals surface area contributed by atoms with Crippen LogP contribution in [0.25, 0.3) is 0 Å². The number of aliphatic carboxylic acids is 1. The molecule has 0 aliphatic carbocycles. The Morgan fingerprint density at radius 2 is 0.796 bits per heavy atom. The summed E-state index contributed by atoms with van der Waals surface area (Å²) in [6.45, 7) is 17.9. The van der Waals surface area contributed by atoms with Crippen LogP contribution in [0.3, 0.4) is 0 Å². The summed E-state index contributed by atoms with van der Waals surface area (Å²) in [5, 5.41) is 8.23. The first-order valence-corrected chi connectivity index (χ1v) is 21.2. The smallest absolute Gasteiger partial charge is 0.303 e. The summed E-state index contributed by atoms with van der Waals surface area (Å²) in [5.41, 5.74) is 0. The maximum atomic E-state index is 9.98. The van der Waals surface area contributed by atoms with E-state index in [4.69, 9.17) is 7.85 Å². The lowest BCUT2D eigenvalue weighted by Crippen LogP contribution is -1.95. The highest BCUT2D eigenvalue weighted by Crippen LogP contribution is 2.13. The molecule has 0 spiro atoms. The molecule has 0 aromatic rings. The molecule has 0 saturated carbocycles. The van der Waals surface area contributed by atoms with Crippen LogP contribution in [0.5, 0.6) is 0 Å². The fourth-order valence-corrected chi connectivity index (χ4v) is 5.24. The molecule has 0 aromatic carbocycles. The van der Waals surface area contributed by atoms with E-state index in [-0.39, 0.29) is 0 Å². The number of rotatable bonds is 32. The molecular weight excluding hydrogens is 597 g/mol. The highest BCUT2D eigenvalue weighted by Gasteiger charge is 1.98. The zero-order valence-electron chi connectivity index (χ0n) is 36.6. The van der Waals surface area contributed by atoms with Gasteiger partial charge >= 0.3 is 5.97 Å². The van der Waals surface area contributed by atoms with Crippen LogP contribution in [-0.2, 0) is 4.79 Å². The molecule has 1 N–H and O–H groups in total. The quantitative estimate of drug-likeness (QED) is 0.0564. The zero-order valence-corrected chi connectivity index (χ0v) is 34.6. The van der Waals surface area contributed by atoms with Crippen molar-refractivity contribution < 1.29 is 12.6 Å². The first kappa shape index (κ1) is 47.4. The normalized spacial score (nSPS) is 12.7. The molecule has 0 atom stereocenters. The van der Waals surface area contributed by atoms with E-state index in [1.54, 1.807) is 12.2 Å². The number of carboxylic acids is 1. The third-order valence-electron chi connectivity index (χ3n) is 8.46. The van der Waals surface area contributed by atoms with Crippen LogP contribution in [0, 0.1) is 17.8 Å². The lowest BCUT2D eigenvalue weighted by Gasteiger charge is -2.03. The van der Waals surface area contributed by atoms with Gasteiger partial charge in [0.2, 0.25) is 0 Å². The summed E-state index contributed by atoms with van der Waals surface area (Å²) >= 11 is 0. The fourth-order valence-electron chi connectivity index (χ4n) is 5.24. The summed E-state index contributed by atoms with van der Waals surface area (Å²) in [6, 6.07) is 0. The molecule has 0 heterocycles. The molecular formula is C47H90O2. The fraction of sp³-hybridized carbons (Fsp3) is 0.809. The molecule has 0 rings (SSSR count). The van der Waals surface area contributed by atoms with Crippen LogP contribution >= 0.6 is 0 Å². The monoisotopic (exact) mass is 689 g/mol. The second-order valence-corrected chi connectivity index (χ2v) is 15.3. The van der Waals surface area contributed by atoms with Gasteiger partial charge in [-0.25, -0.2) is 0 Å². The lowest BCUT2D eigenvalue weighted by atomic mass is 10.0. The Morgan fingerprint density at radius 3 is 1.16 bits per heavy atom. The Labute approximate surface area is 313 Å². The van der Waals surface area contributed by atoms with Gasteiger partial charge in [0.15, 0.2) is 0 Å². The van der Waals surface area contributed by atoms with E-state index in [1.807, 2.05) is 12.2 Å². The van der Waals surface area contributed by atoms with Crippen LogP contribution in [0.4, 0.5) is 0 Å². The van der Waals surface area contributed by atoms with Gasteiger partial charge in [0.1, 0.15) is 0 Å². The standard InChI is InChI=1S/2C20H38.C7H14O2/c2*1-4-5-6-7-8-9-10-11-12-13-14-15-16-17-18-19-20(2)3;1-6(2)4-3-5-7(8)9/h2*8-9,11-12,20H,4-7,10,13-19H2,1-3H3;6H,3-5H2,1-2H3,(H,8,9)/b2*9-8-,12-11-;/i10D2;;. The van der Waals surface area contributed by atoms with Crippen LogP contribution in [0.15, 0.2) is 48.6 Å². The summed E-state index contributed by atoms with van der Waals surface area (Å²) in [5.74, 6) is 1.66. The van der Waals surface area contributed by atoms with Crippen LogP contribution < -0.4 is 0 Å². The maximum absolute atomic E-state index is 9.98. The number of hydrogen-bond acceptors (Lipinski definition) is 1. The molecule has 0 fully saturated rings. The van der Waals surface area contributed by atoms with Crippen LogP contribution in [-0.4, -0.2) is 11.1 Å². The molecule has 0 aromatic heterocycles. The van der Waals surface area contributed by atoms with Crippen molar-refractivity contribution in [1.29, 1.82) is 0 Å². The van der Waals surface area contributed by atoms with Gasteiger partial charge in [-0.15, -0.1) is 0 Å². The molecule has 290 valence electrons. The van der Waals surface area contributed by atoms with Crippen molar-refractivity contribution in [2.45, 2.75) is 229 Å². The van der Waals surface area contributed by atoms with Gasteiger partial charge in [0.05, 0.1) is 0 Å². The average Bonchev–Trinajstić information content (AvgIpc) is 3.05. The molecule has 0 radical (unpaired) electrons. The molecule has 0 bridgehead atoms. The molecule has 2 nitrogen and oxygen atoms in total. The summed E-state index contributed by atoms with van der Waals surface area (Å²) in [6.07, 6.45) is 47.4. The highest BCUT2D eigenvalue weighted by atomic mass is 16.4. The molecule has 49 heavy (non-hydrogen) atoms. The first-order chi connectivity index (χ1) is 24.4. The average molecular weight is 689 g/mol. The summed E-state index contributed by atoms with van der Waals surface area (Å²) in [4.78, 5) is 9.98. The van der Waals surface area contributed by atoms with Gasteiger partial charge in [-0.05, 0) is 88.3 Å². The Hall–Kier alpha value is -1.57. The zero-order chi connectivity index (χ0) is 38.9. The minimum absolute atomic E-state index is 0.318. The minimum atomic E-state index is -1.27. The SMILES string of the molecule is CC(C)CCCC(=O)O.CCCCC/C=C\C/C=C\CCCCCCCC(C)C.[2H]C([2H])(/C=C\CCCCC)/C=C\CCCCCCCC(C)C. The van der Waals surface area contributed by atoms with Gasteiger partial charge in [-0.1, -0.05) is 200 Å². The van der Waals surface area contributed by atoms with E-state index in [9.17, 15) is 4.79 Å². The third-order valence-corrected chi connectivity index (χ3v) is 8.46. The van der Waals surface area contributed by atoms with E-state index in [1.165, 1.54) is 128 Å². The second-order valence-electron chi connectivity index (χ2n) is 15.3. The molecule has 0 saturated heterocycles. The predicted octanol–water partition coefficient (Wildman–Crippen LogP) is 16.8. The van der Waals surface area contributed by atoms with E-state index in [2.05, 4.69) is 79.7 Å². The Bertz CT molecular complexity index is 807. The molecule has 0 amide bonds. The number of hydrogen-bond donors (Lipinski definition) is 1. The number of allylic oxidation sites excluding steroid dienone is 8. The third kappa shape index (κ3) is 62.1. The number of carbonyl (C=O) groups is 1. The van der Waals surface area contributed by atoms with E-state index < -0.39 is 12.3 Å². The molecule has 0 aliphatic rings. The van der Waals surface area contributed by atoms with E-state index >= 15 is 0 Å². The van der Waals surface area contributed by atoms with Gasteiger partial charge < -0.3 is 5.11 Å². The van der Waals surface area contributed by atoms with Gasteiger partial charge in [0.25, 0.3) is 0 Å². The second kappa shape index (κ2) is 46.4. The number of carboxylic acid groups (broad SMARTS) is 1. The van der Waals surface area contributed by atoms with Crippen molar-refractivity contribution in [3.63, 3.8) is 0 Å². The topological polar surface area (TPSA) is 37.3 Å². The first-order valence-electron chi connectivity index (χ1n) is 22.2. The Kier molecular flexibility index (Phi) is 44.9. The van der Waals surface area contributed by atoms with Gasteiger partial charge in [0, 0.05) is 9.16 Å². The van der Waals surface area contributed by atoms with Crippen molar-refractivity contribution in [1.82, 2.24) is 0 Å². The van der Waals surface area contributed by atoms with Crippen molar-refractivity contribution >= 4 is 5.97 Å². The van der Waals surface area contributed by atoms with Crippen molar-refractivity contribution in [2.75, 3.05) is 0 Å². The van der Waals surface area contributed by atoms with E-state index in [0.717, 1.165) is 43.9 Å². The Morgan fingerprint density at radius 1 is 0.469 bits per heavy atom. The van der Waals surface area contributed by atoms with Crippen LogP contribution in [0.2, 0.25) is 0 Å². The highest BCUT2D eigenvalue weighted by molar-refractivity contribution is 5.66. The van der Waals surface area contributed by atoms with Crippen LogP contribution in [0.1, 0.15) is 231 Å². The summed E-state index contributed by atoms with van der Waals surface area (Å²) in [7, 11) is 0. The van der Waals surface area contributed by atoms with Crippen molar-refractivity contribution in [2.24, 2.45) is 17.8 Å². The summed E-state index contributed by atoms with van der Waals surface area (Å²) < 4.78 is 15.8. The van der Waals surface area contributed by atoms with Gasteiger partial charge in [-0.3, -0.25) is 4.79 Å².